The molecule has 2 N–H and O–H groups in total. The number of nitrogens with one attached hydrogen (secondary N) is 2. The molecule has 0 saturated carbocycles. The van der Waals surface area contributed by atoms with Gasteiger partial charge in [-0.25, -0.2) is 0 Å². The van der Waals surface area contributed by atoms with E-state index in [0.29, 0.717) is 4.77 Å². The van der Waals surface area contributed by atoms with Crippen LogP contribution < -0.4 is 5.56 Å². The lowest BCUT2D eigenvalue weighted by atomic mass is 10.1. The number of hydrogen-bond acceptors (Lipinski definition) is 2. The summed E-state index contributed by atoms with van der Waals surface area (Å²) in [5.41, 5.74) is 0.770. The molecule has 1 rings (SSSR count). The van der Waals surface area contributed by atoms with Crippen molar-refractivity contribution >= 4 is 12.2 Å². The van der Waals surface area contributed by atoms with E-state index in [1.165, 1.54) is 38.5 Å². The first-order valence-corrected chi connectivity index (χ1v) is 6.95. The zero-order valence-corrected chi connectivity index (χ0v) is 11.4. The summed E-state index contributed by atoms with van der Waals surface area (Å²) in [6.07, 6.45) is 11.4. The standard InChI is InChI=1S/C13H22N2OS/c1-2-3-4-5-6-7-8-9-11-10-14-13(17)15-12(11)16/h10H,2-9H2,1H3,(H2,14,15,16,17). The topological polar surface area (TPSA) is 48.6 Å². The number of unbranched alkanes of at least 4 members (excludes halogenated alkanes) is 6. The highest BCUT2D eigenvalue weighted by Gasteiger charge is 1.99. The van der Waals surface area contributed by atoms with E-state index in [1.54, 1.807) is 6.20 Å². The van der Waals surface area contributed by atoms with Gasteiger partial charge < -0.3 is 4.98 Å². The molecule has 0 aliphatic heterocycles. The molecule has 1 aromatic rings. The maximum atomic E-state index is 11.5. The Hall–Kier alpha value is -0.900. The smallest absolute Gasteiger partial charge is 0.254 e. The highest BCUT2D eigenvalue weighted by molar-refractivity contribution is 7.71. The minimum atomic E-state index is -0.0419. The number of aromatic amines is 2. The van der Waals surface area contributed by atoms with Crippen LogP contribution in [-0.2, 0) is 6.42 Å². The van der Waals surface area contributed by atoms with Crippen molar-refractivity contribution in [3.8, 4) is 0 Å². The molecule has 0 bridgehead atoms. The quantitative estimate of drug-likeness (QED) is 0.548. The largest absolute Gasteiger partial charge is 0.338 e. The third-order valence-electron chi connectivity index (χ3n) is 2.95. The van der Waals surface area contributed by atoms with Crippen LogP contribution in [0.1, 0.15) is 57.4 Å². The van der Waals surface area contributed by atoms with Gasteiger partial charge in [0.2, 0.25) is 0 Å². The van der Waals surface area contributed by atoms with Gasteiger partial charge in [-0.05, 0) is 25.1 Å². The Morgan fingerprint density at radius 1 is 1.12 bits per heavy atom. The first kappa shape index (κ1) is 14.2. The van der Waals surface area contributed by atoms with Gasteiger partial charge in [0.05, 0.1) is 0 Å². The van der Waals surface area contributed by atoms with Crippen molar-refractivity contribution in [3.05, 3.63) is 26.9 Å². The van der Waals surface area contributed by atoms with Crippen molar-refractivity contribution in [2.24, 2.45) is 0 Å². The van der Waals surface area contributed by atoms with Gasteiger partial charge in [-0.15, -0.1) is 0 Å². The number of hydrogen-bond donors (Lipinski definition) is 2. The fourth-order valence-corrected chi connectivity index (χ4v) is 2.05. The van der Waals surface area contributed by atoms with E-state index >= 15 is 0 Å². The number of rotatable bonds is 8. The van der Waals surface area contributed by atoms with Gasteiger partial charge in [-0.1, -0.05) is 45.4 Å². The minimum absolute atomic E-state index is 0.0419. The van der Waals surface area contributed by atoms with Crippen LogP contribution in [-0.4, -0.2) is 9.97 Å². The maximum absolute atomic E-state index is 11.5. The van der Waals surface area contributed by atoms with Gasteiger partial charge in [0.25, 0.3) is 5.56 Å². The van der Waals surface area contributed by atoms with Gasteiger partial charge in [0.1, 0.15) is 0 Å². The average molecular weight is 254 g/mol. The highest BCUT2D eigenvalue weighted by Crippen LogP contribution is 2.08. The molecule has 17 heavy (non-hydrogen) atoms. The first-order chi connectivity index (χ1) is 8.24. The molecule has 0 unspecified atom stereocenters. The summed E-state index contributed by atoms with van der Waals surface area (Å²) in [5, 5.41) is 0. The van der Waals surface area contributed by atoms with Gasteiger partial charge >= 0.3 is 0 Å². The van der Waals surface area contributed by atoms with Gasteiger partial charge in [0.15, 0.2) is 4.77 Å². The molecular formula is C13H22N2OS. The molecule has 0 aliphatic rings. The zero-order chi connectivity index (χ0) is 12.5. The Morgan fingerprint density at radius 2 is 1.76 bits per heavy atom. The molecule has 0 aliphatic carbocycles. The molecule has 0 spiro atoms. The van der Waals surface area contributed by atoms with Gasteiger partial charge in [0, 0.05) is 11.8 Å². The molecule has 0 aromatic carbocycles. The Morgan fingerprint density at radius 3 is 2.41 bits per heavy atom. The summed E-state index contributed by atoms with van der Waals surface area (Å²) >= 11 is 4.84. The lowest BCUT2D eigenvalue weighted by Gasteiger charge is -2.01. The van der Waals surface area contributed by atoms with Crippen LogP contribution in [0.2, 0.25) is 0 Å². The molecule has 3 nitrogen and oxygen atoms in total. The molecule has 0 amide bonds. The van der Waals surface area contributed by atoms with Crippen molar-refractivity contribution in [1.82, 2.24) is 9.97 Å². The van der Waals surface area contributed by atoms with Crippen LogP contribution in [0.5, 0.6) is 0 Å². The molecule has 1 heterocycles. The molecule has 0 atom stereocenters. The molecule has 96 valence electrons. The number of H-pyrrole nitrogens is 2. The van der Waals surface area contributed by atoms with Gasteiger partial charge in [-0.3, -0.25) is 9.78 Å². The fourth-order valence-electron chi connectivity index (χ4n) is 1.90. The van der Waals surface area contributed by atoms with E-state index in [1.807, 2.05) is 0 Å². The van der Waals surface area contributed by atoms with Crippen molar-refractivity contribution in [2.75, 3.05) is 0 Å². The number of aryl methyl sites for hydroxylation is 1. The molecule has 0 saturated heterocycles. The van der Waals surface area contributed by atoms with E-state index in [2.05, 4.69) is 16.9 Å². The Labute approximate surface area is 108 Å². The molecule has 0 fully saturated rings. The second-order valence-electron chi connectivity index (χ2n) is 4.47. The van der Waals surface area contributed by atoms with Crippen LogP contribution in [0.15, 0.2) is 11.0 Å². The van der Waals surface area contributed by atoms with Crippen LogP contribution >= 0.6 is 12.2 Å². The van der Waals surface area contributed by atoms with Crippen molar-refractivity contribution < 1.29 is 0 Å². The normalized spacial score (nSPS) is 10.6. The lowest BCUT2D eigenvalue weighted by Crippen LogP contribution is -2.13. The third kappa shape index (κ3) is 5.82. The molecule has 4 heteroatoms. The van der Waals surface area contributed by atoms with Crippen LogP contribution in [0, 0.1) is 4.77 Å². The van der Waals surface area contributed by atoms with Crippen molar-refractivity contribution in [1.29, 1.82) is 0 Å². The SMILES string of the molecule is CCCCCCCCCc1c[nH]c(=S)[nH]c1=O. The van der Waals surface area contributed by atoms with E-state index in [-0.39, 0.29) is 5.56 Å². The monoisotopic (exact) mass is 254 g/mol. The van der Waals surface area contributed by atoms with Crippen LogP contribution in [0.3, 0.4) is 0 Å². The zero-order valence-electron chi connectivity index (χ0n) is 10.6. The maximum Gasteiger partial charge on any atom is 0.254 e. The third-order valence-corrected chi connectivity index (χ3v) is 3.17. The molecule has 1 aromatic heterocycles. The van der Waals surface area contributed by atoms with Crippen LogP contribution in [0.4, 0.5) is 0 Å². The van der Waals surface area contributed by atoms with E-state index < -0.39 is 0 Å². The highest BCUT2D eigenvalue weighted by atomic mass is 32.1. The Balaban J connectivity index is 2.18. The summed E-state index contributed by atoms with van der Waals surface area (Å²) in [7, 11) is 0. The van der Waals surface area contributed by atoms with Crippen molar-refractivity contribution in [2.45, 2.75) is 58.3 Å². The second kappa shape index (κ2) is 8.23. The minimum Gasteiger partial charge on any atom is -0.338 e. The van der Waals surface area contributed by atoms with Gasteiger partial charge in [-0.2, -0.15) is 0 Å². The summed E-state index contributed by atoms with van der Waals surface area (Å²) < 4.78 is 0.401. The molecular weight excluding hydrogens is 232 g/mol. The average Bonchev–Trinajstić information content (AvgIpc) is 2.30. The fraction of sp³-hybridized carbons (Fsp3) is 0.692. The summed E-state index contributed by atoms with van der Waals surface area (Å²) in [4.78, 5) is 17.0. The summed E-state index contributed by atoms with van der Waals surface area (Å²) in [6, 6.07) is 0. The predicted molar refractivity (Wildman–Crippen MR) is 73.9 cm³/mol. The first-order valence-electron chi connectivity index (χ1n) is 6.55. The lowest BCUT2D eigenvalue weighted by molar-refractivity contribution is 0.588. The van der Waals surface area contributed by atoms with E-state index in [9.17, 15) is 4.79 Å². The number of aromatic nitrogens is 2. The van der Waals surface area contributed by atoms with Crippen molar-refractivity contribution in [3.63, 3.8) is 0 Å². The summed E-state index contributed by atoms with van der Waals surface area (Å²) in [5.74, 6) is 0. The summed E-state index contributed by atoms with van der Waals surface area (Å²) in [6.45, 7) is 2.23. The Bertz CT molecular complexity index is 422. The second-order valence-corrected chi connectivity index (χ2v) is 4.88. The Kier molecular flexibility index (Phi) is 6.86. The predicted octanol–water partition coefficient (Wildman–Crippen LogP) is 3.73. The molecule has 0 radical (unpaired) electrons. The van der Waals surface area contributed by atoms with Crippen LogP contribution in [0.25, 0.3) is 0 Å². The van der Waals surface area contributed by atoms with E-state index in [0.717, 1.165) is 18.4 Å². The van der Waals surface area contributed by atoms with E-state index in [4.69, 9.17) is 12.2 Å².